The molecular weight excluding hydrogens is 344 g/mol. The number of hydrogen-bond donors (Lipinski definition) is 0. The summed E-state index contributed by atoms with van der Waals surface area (Å²) in [5.74, 6) is 1.27. The number of rotatable bonds is 3. The quantitative estimate of drug-likeness (QED) is 0.703. The van der Waals surface area contributed by atoms with Gasteiger partial charge in [0, 0.05) is 17.7 Å². The van der Waals surface area contributed by atoms with E-state index in [-0.39, 0.29) is 6.10 Å². The monoisotopic (exact) mass is 366 g/mol. The maximum absolute atomic E-state index is 6.24. The Bertz CT molecular complexity index is 929. The van der Waals surface area contributed by atoms with Crippen molar-refractivity contribution in [3.63, 3.8) is 0 Å². The molecule has 5 nitrogen and oxygen atoms in total. The average molecular weight is 366 g/mol. The number of ether oxygens (including phenoxy) is 1. The molecule has 2 atom stereocenters. The molecule has 6 rings (SSSR count). The molecule has 3 saturated heterocycles. The lowest BCUT2D eigenvalue weighted by atomic mass is 9.81. The van der Waals surface area contributed by atoms with Crippen molar-refractivity contribution in [2.24, 2.45) is 5.92 Å². The second kappa shape index (κ2) is 6.28. The van der Waals surface area contributed by atoms with E-state index in [1.54, 1.807) is 11.3 Å². The van der Waals surface area contributed by atoms with Crippen molar-refractivity contribution >= 4 is 21.6 Å². The maximum atomic E-state index is 6.24. The zero-order valence-electron chi connectivity index (χ0n) is 15.1. The van der Waals surface area contributed by atoms with Crippen LogP contribution >= 0.6 is 11.3 Å². The summed E-state index contributed by atoms with van der Waals surface area (Å²) in [6.45, 7) is 6.71. The fraction of sp³-hybridized carbons (Fsp3) is 0.450. The van der Waals surface area contributed by atoms with Crippen molar-refractivity contribution in [3.8, 4) is 17.1 Å². The molecule has 3 aromatic rings. The van der Waals surface area contributed by atoms with Crippen molar-refractivity contribution in [3.05, 3.63) is 35.3 Å². The normalized spacial score (nSPS) is 27.8. The molecule has 0 N–H and O–H groups in total. The predicted octanol–water partition coefficient (Wildman–Crippen LogP) is 3.92. The van der Waals surface area contributed by atoms with Crippen molar-refractivity contribution in [1.82, 2.24) is 20.1 Å². The molecule has 2 bridgehead atoms. The molecule has 0 unspecified atom stereocenters. The number of thiazole rings is 1. The van der Waals surface area contributed by atoms with E-state index in [9.17, 15) is 0 Å². The van der Waals surface area contributed by atoms with Crippen LogP contribution in [0.25, 0.3) is 21.5 Å². The summed E-state index contributed by atoms with van der Waals surface area (Å²) in [6, 6.07) is 10.7. The fourth-order valence-corrected chi connectivity index (χ4v) is 5.14. The minimum absolute atomic E-state index is 0.229. The zero-order chi connectivity index (χ0) is 17.7. The number of benzene rings is 1. The second-order valence-electron chi connectivity index (χ2n) is 7.37. The second-order valence-corrected chi connectivity index (χ2v) is 8.60. The molecule has 1 aromatic carbocycles. The standard InChI is InChI=1S/C20H22N4OS/c1-12-20(14-7-9-24(12)10-8-14)25-19-6-4-16(22-23-19)15-3-5-18-17(11-15)21-13(2)26-18/h3-6,11-12,14,20H,7-10H2,1-2H3/t12-,20-/m0/s1. The summed E-state index contributed by atoms with van der Waals surface area (Å²) in [7, 11) is 0. The molecule has 2 aromatic heterocycles. The van der Waals surface area contributed by atoms with E-state index in [2.05, 4.69) is 45.2 Å². The highest BCUT2D eigenvalue weighted by molar-refractivity contribution is 7.18. The third-order valence-corrected chi connectivity index (χ3v) is 6.73. The summed E-state index contributed by atoms with van der Waals surface area (Å²) in [6.07, 6.45) is 2.69. The van der Waals surface area contributed by atoms with Crippen LogP contribution in [0.15, 0.2) is 30.3 Å². The molecular formula is C20H22N4OS. The van der Waals surface area contributed by atoms with Gasteiger partial charge in [0.15, 0.2) is 0 Å². The maximum Gasteiger partial charge on any atom is 0.233 e. The fourth-order valence-electron chi connectivity index (χ4n) is 4.33. The smallest absolute Gasteiger partial charge is 0.233 e. The molecule has 3 fully saturated rings. The van der Waals surface area contributed by atoms with Gasteiger partial charge in [-0.05, 0) is 63.9 Å². The summed E-state index contributed by atoms with van der Waals surface area (Å²) < 4.78 is 7.44. The molecule has 0 amide bonds. The lowest BCUT2D eigenvalue weighted by Crippen LogP contribution is -2.58. The van der Waals surface area contributed by atoms with E-state index in [1.165, 1.54) is 30.6 Å². The van der Waals surface area contributed by atoms with E-state index < -0.39 is 0 Å². The van der Waals surface area contributed by atoms with Crippen LogP contribution in [0.3, 0.4) is 0 Å². The van der Waals surface area contributed by atoms with Crippen LogP contribution in [-0.2, 0) is 0 Å². The first kappa shape index (κ1) is 16.1. The number of aryl methyl sites for hydroxylation is 1. The van der Waals surface area contributed by atoms with Gasteiger partial charge in [0.2, 0.25) is 5.88 Å². The first-order chi connectivity index (χ1) is 12.7. The van der Waals surface area contributed by atoms with Gasteiger partial charge in [-0.25, -0.2) is 4.98 Å². The molecule has 0 radical (unpaired) electrons. The Morgan fingerprint density at radius 3 is 2.69 bits per heavy atom. The molecule has 5 heterocycles. The van der Waals surface area contributed by atoms with Gasteiger partial charge in [-0.2, -0.15) is 0 Å². The van der Waals surface area contributed by atoms with E-state index in [0.29, 0.717) is 17.8 Å². The first-order valence-electron chi connectivity index (χ1n) is 9.29. The van der Waals surface area contributed by atoms with E-state index in [4.69, 9.17) is 4.74 Å². The van der Waals surface area contributed by atoms with Gasteiger partial charge in [0.25, 0.3) is 0 Å². The minimum atomic E-state index is 0.229. The lowest BCUT2D eigenvalue weighted by molar-refractivity contribution is -0.0528. The van der Waals surface area contributed by atoms with Crippen molar-refractivity contribution in [1.29, 1.82) is 0 Å². The summed E-state index contributed by atoms with van der Waals surface area (Å²) in [5, 5.41) is 9.83. The molecule has 0 aliphatic carbocycles. The van der Waals surface area contributed by atoms with E-state index >= 15 is 0 Å². The Hall–Kier alpha value is -2.05. The molecule has 26 heavy (non-hydrogen) atoms. The molecule has 3 aliphatic heterocycles. The van der Waals surface area contributed by atoms with Crippen LogP contribution in [0.1, 0.15) is 24.8 Å². The highest BCUT2D eigenvalue weighted by atomic mass is 32.1. The number of fused-ring (bicyclic) bond motifs is 4. The van der Waals surface area contributed by atoms with Crippen molar-refractivity contribution in [2.75, 3.05) is 13.1 Å². The number of aromatic nitrogens is 3. The van der Waals surface area contributed by atoms with Crippen LogP contribution in [0.2, 0.25) is 0 Å². The number of nitrogens with zero attached hydrogens (tertiary/aromatic N) is 4. The highest BCUT2D eigenvalue weighted by Crippen LogP contribution is 2.34. The summed E-state index contributed by atoms with van der Waals surface area (Å²) >= 11 is 1.71. The third-order valence-electron chi connectivity index (χ3n) is 5.78. The van der Waals surface area contributed by atoms with Gasteiger partial charge in [-0.15, -0.1) is 21.5 Å². The first-order valence-corrected chi connectivity index (χ1v) is 10.1. The van der Waals surface area contributed by atoms with Crippen molar-refractivity contribution < 1.29 is 4.74 Å². The van der Waals surface area contributed by atoms with E-state index in [0.717, 1.165) is 21.8 Å². The van der Waals surface area contributed by atoms with Crippen LogP contribution in [0, 0.1) is 12.8 Å². The predicted molar refractivity (Wildman–Crippen MR) is 104 cm³/mol. The molecule has 0 spiro atoms. The van der Waals surface area contributed by atoms with E-state index in [1.807, 2.05) is 19.1 Å². The van der Waals surface area contributed by atoms with Crippen LogP contribution < -0.4 is 4.74 Å². The van der Waals surface area contributed by atoms with Gasteiger partial charge in [-0.3, -0.25) is 4.90 Å². The molecule has 3 aliphatic rings. The Kier molecular flexibility index (Phi) is 3.90. The van der Waals surface area contributed by atoms with Gasteiger partial charge in [0.05, 0.1) is 20.9 Å². The number of hydrogen-bond acceptors (Lipinski definition) is 6. The lowest BCUT2D eigenvalue weighted by Gasteiger charge is -2.48. The van der Waals surface area contributed by atoms with Crippen molar-refractivity contribution in [2.45, 2.75) is 38.8 Å². The highest BCUT2D eigenvalue weighted by Gasteiger charge is 2.41. The minimum Gasteiger partial charge on any atom is -0.471 e. The summed E-state index contributed by atoms with van der Waals surface area (Å²) in [4.78, 5) is 7.09. The Morgan fingerprint density at radius 2 is 1.96 bits per heavy atom. The zero-order valence-corrected chi connectivity index (χ0v) is 15.9. The van der Waals surface area contributed by atoms with Crippen LogP contribution in [0.4, 0.5) is 0 Å². The third kappa shape index (κ3) is 2.77. The van der Waals surface area contributed by atoms with Gasteiger partial charge in [-0.1, -0.05) is 6.07 Å². The Morgan fingerprint density at radius 1 is 1.12 bits per heavy atom. The van der Waals surface area contributed by atoms with Crippen LogP contribution in [0.5, 0.6) is 5.88 Å². The molecule has 134 valence electrons. The number of piperidine rings is 3. The SMILES string of the molecule is Cc1nc2cc(-c3ccc(O[C@@H]4C5CCN(CC5)[C@H]4C)nn3)ccc2s1. The van der Waals surface area contributed by atoms with Gasteiger partial charge < -0.3 is 4.74 Å². The topological polar surface area (TPSA) is 51.1 Å². The summed E-state index contributed by atoms with van der Waals surface area (Å²) in [5.41, 5.74) is 2.91. The Labute approximate surface area is 157 Å². The average Bonchev–Trinajstić information content (AvgIpc) is 3.05. The van der Waals surface area contributed by atoms with Crippen LogP contribution in [-0.4, -0.2) is 45.3 Å². The molecule has 0 saturated carbocycles. The molecule has 6 heteroatoms. The van der Waals surface area contributed by atoms with Gasteiger partial charge >= 0.3 is 0 Å². The van der Waals surface area contributed by atoms with Gasteiger partial charge in [0.1, 0.15) is 6.10 Å². The largest absolute Gasteiger partial charge is 0.471 e. The Balaban J connectivity index is 1.36.